The van der Waals surface area contributed by atoms with Gasteiger partial charge in [-0.15, -0.1) is 11.6 Å². The molecule has 0 unspecified atom stereocenters. The Morgan fingerprint density at radius 1 is 1.06 bits per heavy atom. The molecule has 4 heteroatoms. The summed E-state index contributed by atoms with van der Waals surface area (Å²) in [6, 6.07) is 14.1. The number of aromatic nitrogens is 3. The van der Waals surface area contributed by atoms with Gasteiger partial charge >= 0.3 is 0 Å². The summed E-state index contributed by atoms with van der Waals surface area (Å²) in [6.45, 7) is 0.746. The second kappa shape index (κ2) is 4.78. The zero-order valence-electron chi connectivity index (χ0n) is 9.75. The van der Waals surface area contributed by atoms with E-state index in [2.05, 4.69) is 26.7 Å². The lowest BCUT2D eigenvalue weighted by Gasteiger charge is -2.06. The number of pyridine rings is 1. The van der Waals surface area contributed by atoms with Gasteiger partial charge in [-0.2, -0.15) is 0 Å². The third-order valence-electron chi connectivity index (χ3n) is 2.89. The van der Waals surface area contributed by atoms with Gasteiger partial charge in [0.25, 0.3) is 0 Å². The summed E-state index contributed by atoms with van der Waals surface area (Å²) in [5.74, 6) is 1.25. The maximum absolute atomic E-state index is 5.96. The minimum absolute atomic E-state index is 0.392. The maximum atomic E-state index is 5.96. The molecule has 3 rings (SSSR count). The van der Waals surface area contributed by atoms with Gasteiger partial charge in [0.2, 0.25) is 0 Å². The molecule has 0 radical (unpaired) electrons. The second-order valence-electron chi connectivity index (χ2n) is 4.08. The van der Waals surface area contributed by atoms with E-state index in [4.69, 9.17) is 11.6 Å². The number of hydrogen-bond acceptors (Lipinski definition) is 2. The number of nitrogens with zero attached hydrogens (tertiary/aromatic N) is 3. The molecule has 0 fully saturated rings. The lowest BCUT2D eigenvalue weighted by Crippen LogP contribution is -2.04. The zero-order chi connectivity index (χ0) is 12.4. The normalized spacial score (nSPS) is 10.9. The first-order valence-electron chi connectivity index (χ1n) is 5.78. The van der Waals surface area contributed by atoms with Gasteiger partial charge < -0.3 is 4.57 Å². The SMILES string of the molecule is ClCc1nc2cccnc2n1Cc1ccccc1. The van der Waals surface area contributed by atoms with Gasteiger partial charge in [-0.25, -0.2) is 9.97 Å². The van der Waals surface area contributed by atoms with Crippen LogP contribution < -0.4 is 0 Å². The number of fused-ring (bicyclic) bond motifs is 1. The topological polar surface area (TPSA) is 30.7 Å². The summed E-state index contributed by atoms with van der Waals surface area (Å²) >= 11 is 5.96. The maximum Gasteiger partial charge on any atom is 0.160 e. The van der Waals surface area contributed by atoms with Gasteiger partial charge in [0.1, 0.15) is 11.3 Å². The molecule has 0 spiro atoms. The first-order chi connectivity index (χ1) is 8.88. The molecule has 0 N–H and O–H groups in total. The van der Waals surface area contributed by atoms with Crippen molar-refractivity contribution in [2.24, 2.45) is 0 Å². The number of benzene rings is 1. The Balaban J connectivity index is 2.10. The lowest BCUT2D eigenvalue weighted by molar-refractivity contribution is 0.770. The van der Waals surface area contributed by atoms with Gasteiger partial charge in [-0.3, -0.25) is 0 Å². The number of rotatable bonds is 3. The molecule has 3 nitrogen and oxygen atoms in total. The third-order valence-corrected chi connectivity index (χ3v) is 3.12. The first-order valence-corrected chi connectivity index (χ1v) is 6.32. The molecule has 18 heavy (non-hydrogen) atoms. The highest BCUT2D eigenvalue weighted by atomic mass is 35.5. The van der Waals surface area contributed by atoms with Crippen LogP contribution in [0, 0.1) is 0 Å². The van der Waals surface area contributed by atoms with Crippen LogP contribution in [0.4, 0.5) is 0 Å². The van der Waals surface area contributed by atoms with Gasteiger partial charge in [0.15, 0.2) is 5.65 Å². The van der Waals surface area contributed by atoms with E-state index in [-0.39, 0.29) is 0 Å². The van der Waals surface area contributed by atoms with Crippen molar-refractivity contribution in [1.29, 1.82) is 0 Å². The standard InChI is InChI=1S/C14H12ClN3/c15-9-13-17-12-7-4-8-16-14(12)18(13)10-11-5-2-1-3-6-11/h1-8H,9-10H2. The Hall–Kier alpha value is -1.87. The fourth-order valence-corrected chi connectivity index (χ4v) is 2.24. The molecule has 0 aliphatic heterocycles. The van der Waals surface area contributed by atoms with Crippen molar-refractivity contribution in [3.8, 4) is 0 Å². The van der Waals surface area contributed by atoms with Crippen molar-refractivity contribution >= 4 is 22.8 Å². The number of imidazole rings is 1. The van der Waals surface area contributed by atoms with Crippen molar-refractivity contribution in [1.82, 2.24) is 14.5 Å². The Kier molecular flexibility index (Phi) is 2.99. The highest BCUT2D eigenvalue weighted by Gasteiger charge is 2.10. The fraction of sp³-hybridized carbons (Fsp3) is 0.143. The van der Waals surface area contributed by atoms with Crippen LogP contribution in [0.2, 0.25) is 0 Å². The Labute approximate surface area is 110 Å². The molecule has 90 valence electrons. The highest BCUT2D eigenvalue weighted by molar-refractivity contribution is 6.16. The summed E-state index contributed by atoms with van der Waals surface area (Å²) in [5, 5.41) is 0. The smallest absolute Gasteiger partial charge is 0.160 e. The third kappa shape index (κ3) is 1.97. The largest absolute Gasteiger partial charge is 0.307 e. The molecule has 0 aliphatic carbocycles. The van der Waals surface area contributed by atoms with Gasteiger partial charge in [0.05, 0.1) is 12.4 Å². The molecule has 1 aromatic carbocycles. The van der Waals surface area contributed by atoms with E-state index in [9.17, 15) is 0 Å². The molecule has 0 aliphatic rings. The minimum atomic E-state index is 0.392. The van der Waals surface area contributed by atoms with Crippen LogP contribution in [0.25, 0.3) is 11.2 Å². The van der Waals surface area contributed by atoms with Gasteiger partial charge in [0, 0.05) is 6.20 Å². The molecule has 0 saturated carbocycles. The molecular formula is C14H12ClN3. The summed E-state index contributed by atoms with van der Waals surface area (Å²) in [6.07, 6.45) is 1.78. The molecule has 2 heterocycles. The van der Waals surface area contributed by atoms with Crippen LogP contribution in [0.1, 0.15) is 11.4 Å². The number of halogens is 1. The summed E-state index contributed by atoms with van der Waals surface area (Å²) in [7, 11) is 0. The summed E-state index contributed by atoms with van der Waals surface area (Å²) in [5.41, 5.74) is 3.00. The molecule has 3 aromatic rings. The van der Waals surface area contributed by atoms with Crippen LogP contribution in [-0.2, 0) is 12.4 Å². The lowest BCUT2D eigenvalue weighted by atomic mass is 10.2. The van der Waals surface area contributed by atoms with Crippen LogP contribution in [0.15, 0.2) is 48.7 Å². The van der Waals surface area contributed by atoms with Crippen molar-refractivity contribution in [3.63, 3.8) is 0 Å². The van der Waals surface area contributed by atoms with E-state index < -0.39 is 0 Å². The van der Waals surface area contributed by atoms with Crippen molar-refractivity contribution in [2.75, 3.05) is 0 Å². The molecule has 0 atom stereocenters. The van der Waals surface area contributed by atoms with Crippen LogP contribution >= 0.6 is 11.6 Å². The second-order valence-corrected chi connectivity index (χ2v) is 4.35. The average molecular weight is 258 g/mol. The predicted molar refractivity (Wildman–Crippen MR) is 72.6 cm³/mol. The molecule has 0 bridgehead atoms. The Morgan fingerprint density at radius 3 is 2.67 bits per heavy atom. The minimum Gasteiger partial charge on any atom is -0.307 e. The predicted octanol–water partition coefficient (Wildman–Crippen LogP) is 3.22. The summed E-state index contributed by atoms with van der Waals surface area (Å²) < 4.78 is 2.07. The number of alkyl halides is 1. The molecule has 2 aromatic heterocycles. The zero-order valence-corrected chi connectivity index (χ0v) is 10.5. The van der Waals surface area contributed by atoms with E-state index in [0.717, 1.165) is 23.5 Å². The summed E-state index contributed by atoms with van der Waals surface area (Å²) in [4.78, 5) is 8.88. The van der Waals surface area contributed by atoms with E-state index in [0.29, 0.717) is 5.88 Å². The number of hydrogen-bond donors (Lipinski definition) is 0. The van der Waals surface area contributed by atoms with Gasteiger partial charge in [-0.1, -0.05) is 30.3 Å². The monoisotopic (exact) mass is 257 g/mol. The Bertz CT molecular complexity index is 661. The van der Waals surface area contributed by atoms with Gasteiger partial charge in [-0.05, 0) is 17.7 Å². The van der Waals surface area contributed by atoms with Crippen molar-refractivity contribution in [3.05, 3.63) is 60.0 Å². The molecular weight excluding hydrogens is 246 g/mol. The van der Waals surface area contributed by atoms with Crippen molar-refractivity contribution in [2.45, 2.75) is 12.4 Å². The fourth-order valence-electron chi connectivity index (χ4n) is 2.04. The van der Waals surface area contributed by atoms with E-state index in [1.807, 2.05) is 30.3 Å². The van der Waals surface area contributed by atoms with E-state index in [1.165, 1.54) is 5.56 Å². The van der Waals surface area contributed by atoms with E-state index >= 15 is 0 Å². The van der Waals surface area contributed by atoms with Crippen LogP contribution in [0.5, 0.6) is 0 Å². The van der Waals surface area contributed by atoms with Crippen LogP contribution in [0.3, 0.4) is 0 Å². The first kappa shape index (κ1) is 11.2. The average Bonchev–Trinajstić information content (AvgIpc) is 2.78. The molecule has 0 saturated heterocycles. The van der Waals surface area contributed by atoms with Crippen molar-refractivity contribution < 1.29 is 0 Å². The van der Waals surface area contributed by atoms with E-state index in [1.54, 1.807) is 6.20 Å². The Morgan fingerprint density at radius 2 is 1.89 bits per heavy atom. The highest BCUT2D eigenvalue weighted by Crippen LogP contribution is 2.17. The van der Waals surface area contributed by atoms with Crippen LogP contribution in [-0.4, -0.2) is 14.5 Å². The molecule has 0 amide bonds. The quantitative estimate of drug-likeness (QED) is 0.675.